The normalized spacial score (nSPS) is 11.9. The van der Waals surface area contributed by atoms with Gasteiger partial charge in [0.25, 0.3) is 0 Å². The molecule has 8 nitrogen and oxygen atoms in total. The van der Waals surface area contributed by atoms with E-state index in [9.17, 15) is 10.1 Å². The summed E-state index contributed by atoms with van der Waals surface area (Å²) in [4.78, 5) is 18.3. The van der Waals surface area contributed by atoms with Crippen LogP contribution < -0.4 is 10.6 Å². The minimum atomic E-state index is -0.513. The fraction of sp³-hybridized carbons (Fsp3) is 0.636. The van der Waals surface area contributed by atoms with Gasteiger partial charge in [-0.2, -0.15) is 0 Å². The van der Waals surface area contributed by atoms with Gasteiger partial charge in [-0.25, -0.2) is 9.97 Å². The fourth-order valence-electron chi connectivity index (χ4n) is 1.74. The van der Waals surface area contributed by atoms with Gasteiger partial charge in [0.1, 0.15) is 6.33 Å². The number of hydrogen-bond donors (Lipinski definition) is 3. The van der Waals surface area contributed by atoms with Gasteiger partial charge in [0.15, 0.2) is 0 Å². The van der Waals surface area contributed by atoms with E-state index in [0.717, 1.165) is 6.42 Å². The zero-order chi connectivity index (χ0) is 14.3. The Hall–Kier alpha value is -1.96. The van der Waals surface area contributed by atoms with Crippen LogP contribution in [0.1, 0.15) is 19.8 Å². The number of aromatic nitrogens is 2. The van der Waals surface area contributed by atoms with Crippen LogP contribution in [0.4, 0.5) is 17.3 Å². The molecule has 8 heteroatoms. The van der Waals surface area contributed by atoms with Crippen LogP contribution in [-0.4, -0.2) is 40.2 Å². The molecule has 1 heterocycles. The van der Waals surface area contributed by atoms with Crippen LogP contribution in [0.5, 0.6) is 0 Å². The molecule has 0 spiro atoms. The Bertz CT molecular complexity index is 427. The maximum atomic E-state index is 11.0. The van der Waals surface area contributed by atoms with Crippen molar-refractivity contribution < 1.29 is 10.0 Å². The van der Waals surface area contributed by atoms with Gasteiger partial charge in [-0.3, -0.25) is 10.1 Å². The van der Waals surface area contributed by atoms with Crippen molar-refractivity contribution in [3.05, 3.63) is 16.4 Å². The average Bonchev–Trinajstić information content (AvgIpc) is 2.42. The smallest absolute Gasteiger partial charge is 0.353 e. The second-order valence-corrected chi connectivity index (χ2v) is 4.09. The van der Waals surface area contributed by atoms with Crippen molar-refractivity contribution >= 4 is 17.3 Å². The lowest BCUT2D eigenvalue weighted by atomic mass is 10.0. The molecule has 0 aliphatic carbocycles. The second kappa shape index (κ2) is 7.47. The van der Waals surface area contributed by atoms with E-state index in [4.69, 9.17) is 5.11 Å². The molecule has 1 rings (SSSR count). The van der Waals surface area contributed by atoms with E-state index >= 15 is 0 Å². The van der Waals surface area contributed by atoms with Crippen molar-refractivity contribution in [2.24, 2.45) is 5.92 Å². The van der Waals surface area contributed by atoms with E-state index < -0.39 is 4.92 Å². The summed E-state index contributed by atoms with van der Waals surface area (Å²) < 4.78 is 0. The zero-order valence-electron chi connectivity index (χ0n) is 11.1. The Kier molecular flexibility index (Phi) is 5.94. The first-order valence-corrected chi connectivity index (χ1v) is 6.15. The van der Waals surface area contributed by atoms with Crippen LogP contribution in [-0.2, 0) is 0 Å². The maximum Gasteiger partial charge on any atom is 0.353 e. The third-order valence-electron chi connectivity index (χ3n) is 2.91. The summed E-state index contributed by atoms with van der Waals surface area (Å²) in [6.45, 7) is 2.64. The summed E-state index contributed by atoms with van der Waals surface area (Å²) in [5, 5.41) is 25.6. The summed E-state index contributed by atoms with van der Waals surface area (Å²) in [5.74, 6) is 0.621. The quantitative estimate of drug-likeness (QED) is 0.480. The van der Waals surface area contributed by atoms with Gasteiger partial charge in [-0.15, -0.1) is 0 Å². The molecule has 0 saturated heterocycles. The topological polar surface area (TPSA) is 113 Å². The lowest BCUT2D eigenvalue weighted by molar-refractivity contribution is -0.383. The molecule has 0 bridgehead atoms. The molecule has 1 aromatic rings. The first-order valence-electron chi connectivity index (χ1n) is 6.15. The molecular weight excluding hydrogens is 250 g/mol. The molecule has 0 aromatic carbocycles. The molecule has 0 fully saturated rings. The minimum Gasteiger partial charge on any atom is -0.396 e. The molecular formula is C11H19N5O3. The SMILES string of the molecule is CCC(CCO)CNc1ncnc(NC)c1[N+](=O)[O-]. The van der Waals surface area contributed by atoms with Crippen molar-refractivity contribution in [2.45, 2.75) is 19.8 Å². The average molecular weight is 269 g/mol. The Labute approximate surface area is 111 Å². The standard InChI is InChI=1S/C11H19N5O3/c1-3-8(4-5-17)6-13-11-9(16(18)19)10(12-2)14-7-15-11/h7-8,17H,3-6H2,1-2H3,(H2,12,13,14,15). The van der Waals surface area contributed by atoms with Crippen LogP contribution in [0.2, 0.25) is 0 Å². The van der Waals surface area contributed by atoms with Gasteiger partial charge in [0.2, 0.25) is 11.6 Å². The molecule has 0 amide bonds. The van der Waals surface area contributed by atoms with Crippen molar-refractivity contribution in [3.8, 4) is 0 Å². The predicted molar refractivity (Wildman–Crippen MR) is 72.2 cm³/mol. The highest BCUT2D eigenvalue weighted by Crippen LogP contribution is 2.28. The van der Waals surface area contributed by atoms with Crippen LogP contribution >= 0.6 is 0 Å². The largest absolute Gasteiger partial charge is 0.396 e. The maximum absolute atomic E-state index is 11.0. The zero-order valence-corrected chi connectivity index (χ0v) is 11.1. The van der Waals surface area contributed by atoms with E-state index in [1.807, 2.05) is 6.92 Å². The molecule has 1 unspecified atom stereocenters. The molecule has 0 aliphatic rings. The number of aliphatic hydroxyl groups excluding tert-OH is 1. The monoisotopic (exact) mass is 269 g/mol. The van der Waals surface area contributed by atoms with Crippen molar-refractivity contribution in [1.82, 2.24) is 9.97 Å². The fourth-order valence-corrected chi connectivity index (χ4v) is 1.74. The Morgan fingerprint density at radius 1 is 1.47 bits per heavy atom. The molecule has 1 atom stereocenters. The number of nitro groups is 1. The van der Waals surface area contributed by atoms with Crippen molar-refractivity contribution in [2.75, 3.05) is 30.8 Å². The van der Waals surface area contributed by atoms with Gasteiger partial charge < -0.3 is 15.7 Å². The number of nitrogens with zero attached hydrogens (tertiary/aromatic N) is 3. The van der Waals surface area contributed by atoms with E-state index in [1.165, 1.54) is 6.33 Å². The van der Waals surface area contributed by atoms with Gasteiger partial charge in [0.05, 0.1) is 4.92 Å². The summed E-state index contributed by atoms with van der Waals surface area (Å²) in [5.41, 5.74) is -0.163. The van der Waals surface area contributed by atoms with Gasteiger partial charge >= 0.3 is 5.69 Å². The third kappa shape index (κ3) is 4.02. The van der Waals surface area contributed by atoms with E-state index in [0.29, 0.717) is 13.0 Å². The molecule has 19 heavy (non-hydrogen) atoms. The highest BCUT2D eigenvalue weighted by atomic mass is 16.6. The highest BCUT2D eigenvalue weighted by Gasteiger charge is 2.22. The Balaban J connectivity index is 2.85. The lowest BCUT2D eigenvalue weighted by Gasteiger charge is -2.15. The highest BCUT2D eigenvalue weighted by molar-refractivity contribution is 5.68. The lowest BCUT2D eigenvalue weighted by Crippen LogP contribution is -2.17. The molecule has 1 aromatic heterocycles. The van der Waals surface area contributed by atoms with Gasteiger partial charge in [-0.1, -0.05) is 13.3 Å². The van der Waals surface area contributed by atoms with Crippen LogP contribution in [0.25, 0.3) is 0 Å². The number of nitrogens with one attached hydrogen (secondary N) is 2. The van der Waals surface area contributed by atoms with Crippen molar-refractivity contribution in [3.63, 3.8) is 0 Å². The van der Waals surface area contributed by atoms with Crippen LogP contribution in [0.3, 0.4) is 0 Å². The van der Waals surface area contributed by atoms with Gasteiger partial charge in [0, 0.05) is 20.2 Å². The Morgan fingerprint density at radius 2 is 2.16 bits per heavy atom. The Morgan fingerprint density at radius 3 is 2.68 bits per heavy atom. The van der Waals surface area contributed by atoms with Crippen LogP contribution in [0.15, 0.2) is 6.33 Å². The van der Waals surface area contributed by atoms with E-state index in [-0.39, 0.29) is 29.8 Å². The summed E-state index contributed by atoms with van der Waals surface area (Å²) in [6.07, 6.45) is 2.81. The summed E-state index contributed by atoms with van der Waals surface area (Å²) >= 11 is 0. The second-order valence-electron chi connectivity index (χ2n) is 4.09. The third-order valence-corrected chi connectivity index (χ3v) is 2.91. The molecule has 0 radical (unpaired) electrons. The summed E-state index contributed by atoms with van der Waals surface area (Å²) in [7, 11) is 1.57. The molecule has 3 N–H and O–H groups in total. The molecule has 0 saturated carbocycles. The van der Waals surface area contributed by atoms with E-state index in [1.54, 1.807) is 7.05 Å². The molecule has 106 valence electrons. The van der Waals surface area contributed by atoms with E-state index in [2.05, 4.69) is 20.6 Å². The first-order chi connectivity index (χ1) is 9.13. The number of hydrogen-bond acceptors (Lipinski definition) is 7. The van der Waals surface area contributed by atoms with Crippen molar-refractivity contribution in [1.29, 1.82) is 0 Å². The predicted octanol–water partition coefficient (Wildman–Crippen LogP) is 1.25. The molecule has 0 aliphatic heterocycles. The first kappa shape index (κ1) is 15.1. The number of rotatable bonds is 8. The summed E-state index contributed by atoms with van der Waals surface area (Å²) in [6, 6.07) is 0. The number of aliphatic hydroxyl groups is 1. The van der Waals surface area contributed by atoms with Crippen LogP contribution in [0, 0.1) is 16.0 Å². The number of anilines is 2. The minimum absolute atomic E-state index is 0.105. The van der Waals surface area contributed by atoms with Gasteiger partial charge in [-0.05, 0) is 12.3 Å².